The van der Waals surface area contributed by atoms with Gasteiger partial charge >= 0.3 is 0 Å². The lowest BCUT2D eigenvalue weighted by Crippen LogP contribution is -2.10. The van der Waals surface area contributed by atoms with E-state index in [2.05, 4.69) is 8.61 Å². The Hall–Kier alpha value is 1.36. The van der Waals surface area contributed by atoms with Crippen LogP contribution in [0.25, 0.3) is 0 Å². The minimum absolute atomic E-state index is 0.259. The lowest BCUT2D eigenvalue weighted by Gasteiger charge is -2.10. The first-order valence-corrected chi connectivity index (χ1v) is 21.5. The van der Waals surface area contributed by atoms with Crippen LogP contribution in [0.3, 0.4) is 0 Å². The van der Waals surface area contributed by atoms with Crippen molar-refractivity contribution in [1.29, 1.82) is 0 Å². The molecule has 2 aliphatic heterocycles. The van der Waals surface area contributed by atoms with Crippen molar-refractivity contribution < 1.29 is 9.59 Å². The quantitative estimate of drug-likeness (QED) is 0.0612. The van der Waals surface area contributed by atoms with Crippen molar-refractivity contribution in [2.24, 2.45) is 0 Å². The predicted molar refractivity (Wildman–Crippen MR) is 182 cm³/mol. The van der Waals surface area contributed by atoms with Crippen molar-refractivity contribution in [3.8, 4) is 0 Å². The molecule has 0 saturated carbocycles. The van der Waals surface area contributed by atoms with Gasteiger partial charge < -0.3 is 0 Å². The van der Waals surface area contributed by atoms with Gasteiger partial charge in [-0.2, -0.15) is 0 Å². The van der Waals surface area contributed by atoms with Crippen molar-refractivity contribution in [2.45, 2.75) is 128 Å². The summed E-state index contributed by atoms with van der Waals surface area (Å²) in [5.41, 5.74) is 0. The van der Waals surface area contributed by atoms with E-state index in [9.17, 15) is 9.59 Å². The van der Waals surface area contributed by atoms with Crippen LogP contribution in [0, 0.1) is 0 Å². The Bertz CT molecular complexity index is 540. The second-order valence-corrected chi connectivity index (χ2v) is 17.9. The fraction of sp³-hybridized carbons (Fsp3) is 0.929. The topological polar surface area (TPSA) is 40.6 Å². The molecule has 0 amide bonds. The number of carbonyl (C=O) groups excluding carboxylic acids is 2. The van der Waals surface area contributed by atoms with Crippen LogP contribution in [-0.2, 0) is 0 Å². The molecule has 4 nitrogen and oxygen atoms in total. The molecule has 0 spiro atoms. The van der Waals surface area contributed by atoms with E-state index in [4.69, 9.17) is 0 Å². The van der Waals surface area contributed by atoms with Crippen LogP contribution in [0.2, 0.25) is 0 Å². The largest absolute Gasteiger partial charge is 0.272 e. The molecule has 38 heavy (non-hydrogen) atoms. The van der Waals surface area contributed by atoms with Crippen LogP contribution in [0.5, 0.6) is 0 Å². The van der Waals surface area contributed by atoms with E-state index >= 15 is 0 Å². The first-order valence-electron chi connectivity index (χ1n) is 15.3. The van der Waals surface area contributed by atoms with E-state index in [1.807, 2.05) is 0 Å². The third-order valence-corrected chi connectivity index (χ3v) is 14.2. The van der Waals surface area contributed by atoms with Crippen LogP contribution >= 0.6 is 67.1 Å². The number of hydrogen-bond donors (Lipinski definition) is 0. The lowest BCUT2D eigenvalue weighted by atomic mass is 10.0. The highest BCUT2D eigenvalue weighted by Gasteiger charge is 2.17. The van der Waals surface area contributed by atoms with Crippen LogP contribution in [0.1, 0.15) is 128 Å². The van der Waals surface area contributed by atoms with E-state index < -0.39 is 0 Å². The molecule has 10 heteroatoms. The molecule has 2 aliphatic rings. The maximum absolute atomic E-state index is 11.9. The summed E-state index contributed by atoms with van der Waals surface area (Å²) in [4.78, 5) is 23.8. The number of nitrogens with zero attached hydrogens (tertiary/aromatic N) is 2. The molecule has 0 aliphatic carbocycles. The molecule has 2 heterocycles. The standard InChI is InChI=1S/C28H52N2O2S6/c31-27(35-29-21-15-16-22-29)37-33-25-19-13-11-9-7-5-3-1-2-4-6-8-10-12-14-20-26-34-38-28(32)36-30-23-17-18-24-30/h1-26H2. The van der Waals surface area contributed by atoms with E-state index in [-0.39, 0.29) is 8.89 Å². The first kappa shape index (κ1) is 35.6. The number of unbranched alkanes of at least 4 members (excludes halogenated alkanes) is 15. The van der Waals surface area contributed by atoms with Gasteiger partial charge in [-0.15, -0.1) is 0 Å². The third kappa shape index (κ3) is 21.1. The van der Waals surface area contributed by atoms with E-state index in [1.165, 1.54) is 174 Å². The van der Waals surface area contributed by atoms with Gasteiger partial charge in [-0.25, -0.2) is 8.61 Å². The molecule has 0 aromatic carbocycles. The van der Waals surface area contributed by atoms with Crippen LogP contribution < -0.4 is 0 Å². The normalized spacial score (nSPS) is 16.5. The molecular formula is C28H52N2O2S6. The first-order chi connectivity index (χ1) is 18.7. The minimum atomic E-state index is 0.259. The molecule has 2 fully saturated rings. The Kier molecular flexibility index (Phi) is 24.3. The summed E-state index contributed by atoms with van der Waals surface area (Å²) in [5, 5.41) is 0. The zero-order valence-corrected chi connectivity index (χ0v) is 28.4. The van der Waals surface area contributed by atoms with Crippen molar-refractivity contribution in [3.63, 3.8) is 0 Å². The molecule has 0 atom stereocenters. The van der Waals surface area contributed by atoms with Gasteiger partial charge in [0.2, 0.25) is 0 Å². The summed E-state index contributed by atoms with van der Waals surface area (Å²) in [6, 6.07) is 0. The zero-order chi connectivity index (χ0) is 26.9. The molecule has 0 radical (unpaired) electrons. The Balaban J connectivity index is 1.18. The molecule has 0 aromatic heterocycles. The highest BCUT2D eigenvalue weighted by atomic mass is 33.1. The molecule has 222 valence electrons. The maximum Gasteiger partial charge on any atom is 0.271 e. The number of hydrogen-bond acceptors (Lipinski definition) is 10. The second kappa shape index (κ2) is 26.0. The van der Waals surface area contributed by atoms with Gasteiger partial charge in [-0.1, -0.05) is 111 Å². The Morgan fingerprint density at radius 1 is 0.421 bits per heavy atom. The molecule has 0 aromatic rings. The summed E-state index contributed by atoms with van der Waals surface area (Å²) in [5.74, 6) is 2.21. The van der Waals surface area contributed by atoms with Crippen molar-refractivity contribution in [3.05, 3.63) is 0 Å². The highest BCUT2D eigenvalue weighted by Crippen LogP contribution is 2.34. The van der Waals surface area contributed by atoms with Crippen LogP contribution in [0.4, 0.5) is 9.59 Å². The summed E-state index contributed by atoms with van der Waals surface area (Å²) >= 11 is 2.86. The zero-order valence-electron chi connectivity index (χ0n) is 23.5. The monoisotopic (exact) mass is 640 g/mol. The summed E-state index contributed by atoms with van der Waals surface area (Å²) in [6.07, 6.45) is 26.8. The molecule has 2 rings (SSSR count). The second-order valence-electron chi connectivity index (χ2n) is 10.4. The van der Waals surface area contributed by atoms with Gasteiger partial charge in [-0.05, 0) is 60.1 Å². The van der Waals surface area contributed by atoms with Gasteiger partial charge in [0, 0.05) is 61.6 Å². The van der Waals surface area contributed by atoms with Crippen molar-refractivity contribution in [2.75, 3.05) is 37.7 Å². The molecule has 0 N–H and O–H groups in total. The number of carbonyl (C=O) groups is 2. The Morgan fingerprint density at radius 2 is 0.684 bits per heavy atom. The summed E-state index contributed by atoms with van der Waals surface area (Å²) < 4.78 is 4.94. The van der Waals surface area contributed by atoms with E-state index in [1.54, 1.807) is 21.6 Å². The van der Waals surface area contributed by atoms with Gasteiger partial charge in [0.25, 0.3) is 8.89 Å². The van der Waals surface area contributed by atoms with Gasteiger partial charge in [0.1, 0.15) is 0 Å². The van der Waals surface area contributed by atoms with Crippen molar-refractivity contribution in [1.82, 2.24) is 8.61 Å². The van der Waals surface area contributed by atoms with Gasteiger partial charge in [0.05, 0.1) is 0 Å². The lowest BCUT2D eigenvalue weighted by molar-refractivity contribution is 0.275. The molecule has 2 saturated heterocycles. The highest BCUT2D eigenvalue weighted by molar-refractivity contribution is 8.86. The van der Waals surface area contributed by atoms with Crippen LogP contribution in [-0.4, -0.2) is 55.2 Å². The molecule has 0 bridgehead atoms. The third-order valence-electron chi connectivity index (χ3n) is 7.00. The summed E-state index contributed by atoms with van der Waals surface area (Å²) in [7, 11) is 6.38. The minimum Gasteiger partial charge on any atom is -0.272 e. The van der Waals surface area contributed by atoms with Crippen LogP contribution in [0.15, 0.2) is 0 Å². The van der Waals surface area contributed by atoms with E-state index in [0.717, 1.165) is 37.7 Å². The van der Waals surface area contributed by atoms with Crippen molar-refractivity contribution >= 4 is 76.0 Å². The smallest absolute Gasteiger partial charge is 0.271 e. The molecular weight excluding hydrogens is 589 g/mol. The van der Waals surface area contributed by atoms with Gasteiger partial charge in [0.15, 0.2) is 0 Å². The Labute approximate surface area is 258 Å². The Morgan fingerprint density at radius 3 is 0.974 bits per heavy atom. The summed E-state index contributed by atoms with van der Waals surface area (Å²) in [6.45, 7) is 4.30. The van der Waals surface area contributed by atoms with E-state index in [0.29, 0.717) is 0 Å². The SMILES string of the molecule is O=C(SSCCCCCCCCCCCCCCCCCCSSC(=O)SN1CCCC1)SN1CCCC1. The predicted octanol–water partition coefficient (Wildman–Crippen LogP) is 11.7. The average molecular weight is 641 g/mol. The number of rotatable bonds is 23. The fourth-order valence-electron chi connectivity index (χ4n) is 4.78. The fourth-order valence-corrected chi connectivity index (χ4v) is 11.2. The maximum atomic E-state index is 11.9. The molecule has 0 unspecified atom stereocenters. The van der Waals surface area contributed by atoms with Gasteiger partial charge in [-0.3, -0.25) is 9.59 Å². The average Bonchev–Trinajstić information content (AvgIpc) is 3.61.